The van der Waals surface area contributed by atoms with Crippen molar-refractivity contribution in [1.82, 2.24) is 9.55 Å². The van der Waals surface area contributed by atoms with Gasteiger partial charge in [0.05, 0.1) is 23.9 Å². The molecular weight excluding hydrogens is 148 g/mol. The standard InChI is InChI=1S/C10H9N2/c1-3-8-4-2-6-12-7-11-9(5-1)10(8)12/h1,3,5-7H,2,4H2. The molecule has 2 aromatic rings. The van der Waals surface area contributed by atoms with Gasteiger partial charge in [-0.2, -0.15) is 0 Å². The lowest BCUT2D eigenvalue weighted by Gasteiger charge is -2.12. The molecule has 12 heavy (non-hydrogen) atoms. The summed E-state index contributed by atoms with van der Waals surface area (Å²) in [4.78, 5) is 4.32. The van der Waals surface area contributed by atoms with Crippen LogP contribution in [0.2, 0.25) is 0 Å². The highest BCUT2D eigenvalue weighted by molar-refractivity contribution is 5.80. The number of para-hydroxylation sites is 1. The first kappa shape index (κ1) is 6.23. The maximum Gasteiger partial charge on any atom is 0.0961 e. The number of hydrogen-bond acceptors (Lipinski definition) is 1. The van der Waals surface area contributed by atoms with Crippen LogP contribution in [0.1, 0.15) is 12.0 Å². The summed E-state index contributed by atoms with van der Waals surface area (Å²) in [6.07, 6.45) is 4.18. The van der Waals surface area contributed by atoms with Gasteiger partial charge in [0.15, 0.2) is 0 Å². The van der Waals surface area contributed by atoms with E-state index in [2.05, 4.69) is 34.3 Å². The summed E-state index contributed by atoms with van der Waals surface area (Å²) in [6, 6.07) is 6.34. The predicted octanol–water partition coefficient (Wildman–Crippen LogP) is 1.99. The number of rotatable bonds is 0. The van der Waals surface area contributed by atoms with Crippen molar-refractivity contribution >= 4 is 11.0 Å². The second-order valence-electron chi connectivity index (χ2n) is 3.16. The van der Waals surface area contributed by atoms with Crippen LogP contribution >= 0.6 is 0 Å². The van der Waals surface area contributed by atoms with Gasteiger partial charge < -0.3 is 4.57 Å². The normalized spacial score (nSPS) is 15.3. The van der Waals surface area contributed by atoms with Gasteiger partial charge in [0.1, 0.15) is 0 Å². The second-order valence-corrected chi connectivity index (χ2v) is 3.16. The van der Waals surface area contributed by atoms with E-state index >= 15 is 0 Å². The molecule has 0 amide bonds. The van der Waals surface area contributed by atoms with Gasteiger partial charge >= 0.3 is 0 Å². The first-order valence-corrected chi connectivity index (χ1v) is 4.23. The molecule has 1 aromatic heterocycles. The van der Waals surface area contributed by atoms with E-state index in [1.165, 1.54) is 11.1 Å². The highest BCUT2D eigenvalue weighted by Gasteiger charge is 2.11. The Morgan fingerprint density at radius 3 is 3.33 bits per heavy atom. The molecule has 59 valence electrons. The molecule has 1 radical (unpaired) electrons. The van der Waals surface area contributed by atoms with Gasteiger partial charge in [-0.15, -0.1) is 0 Å². The lowest BCUT2D eigenvalue weighted by Crippen LogP contribution is -2.03. The molecule has 0 bridgehead atoms. The van der Waals surface area contributed by atoms with Gasteiger partial charge in [-0.05, 0) is 24.5 Å². The van der Waals surface area contributed by atoms with Crippen molar-refractivity contribution in [2.75, 3.05) is 0 Å². The highest BCUT2D eigenvalue weighted by Crippen LogP contribution is 2.24. The summed E-state index contributed by atoms with van der Waals surface area (Å²) < 4.78 is 2.13. The Balaban J connectivity index is 2.50. The number of imidazole rings is 1. The third-order valence-electron chi connectivity index (χ3n) is 2.42. The van der Waals surface area contributed by atoms with E-state index in [4.69, 9.17) is 0 Å². The fourth-order valence-corrected chi connectivity index (χ4v) is 1.86. The molecule has 3 rings (SSSR count). The van der Waals surface area contributed by atoms with Crippen LogP contribution in [0.5, 0.6) is 0 Å². The molecule has 0 fully saturated rings. The van der Waals surface area contributed by atoms with Crippen LogP contribution < -0.4 is 0 Å². The van der Waals surface area contributed by atoms with E-state index in [-0.39, 0.29) is 0 Å². The van der Waals surface area contributed by atoms with Gasteiger partial charge in [-0.1, -0.05) is 12.1 Å². The van der Waals surface area contributed by atoms with E-state index in [0.29, 0.717) is 0 Å². The third kappa shape index (κ3) is 0.670. The van der Waals surface area contributed by atoms with E-state index < -0.39 is 0 Å². The van der Waals surface area contributed by atoms with Gasteiger partial charge in [0, 0.05) is 0 Å². The van der Waals surface area contributed by atoms with Gasteiger partial charge in [-0.3, -0.25) is 0 Å². The Morgan fingerprint density at radius 1 is 1.33 bits per heavy atom. The number of hydrogen-bond donors (Lipinski definition) is 0. The van der Waals surface area contributed by atoms with Crippen LogP contribution in [0, 0.1) is 6.54 Å². The van der Waals surface area contributed by atoms with E-state index in [1.807, 2.05) is 6.33 Å². The Bertz CT molecular complexity index is 428. The Hall–Kier alpha value is -1.31. The molecule has 1 aliphatic rings. The Morgan fingerprint density at radius 2 is 2.33 bits per heavy atom. The largest absolute Gasteiger partial charge is 0.325 e. The van der Waals surface area contributed by atoms with Crippen molar-refractivity contribution in [2.24, 2.45) is 0 Å². The zero-order valence-corrected chi connectivity index (χ0v) is 6.70. The first-order valence-electron chi connectivity index (χ1n) is 4.23. The van der Waals surface area contributed by atoms with Gasteiger partial charge in [-0.25, -0.2) is 4.98 Å². The topological polar surface area (TPSA) is 17.8 Å². The Labute approximate surface area is 70.8 Å². The van der Waals surface area contributed by atoms with Crippen molar-refractivity contribution < 1.29 is 0 Å². The molecule has 1 aliphatic heterocycles. The van der Waals surface area contributed by atoms with E-state index in [9.17, 15) is 0 Å². The molecule has 0 unspecified atom stereocenters. The van der Waals surface area contributed by atoms with Crippen LogP contribution in [0.4, 0.5) is 0 Å². The number of benzene rings is 1. The maximum atomic E-state index is 4.32. The molecule has 0 N–H and O–H groups in total. The summed E-state index contributed by atoms with van der Waals surface area (Å²) in [5, 5.41) is 0. The molecule has 2 heteroatoms. The average Bonchev–Trinajstić information content (AvgIpc) is 2.52. The zero-order chi connectivity index (χ0) is 7.97. The van der Waals surface area contributed by atoms with Crippen molar-refractivity contribution in [2.45, 2.75) is 12.8 Å². The average molecular weight is 157 g/mol. The maximum absolute atomic E-state index is 4.32. The summed E-state index contributed by atoms with van der Waals surface area (Å²) in [5.74, 6) is 0. The third-order valence-corrected chi connectivity index (χ3v) is 2.42. The van der Waals surface area contributed by atoms with E-state index in [1.54, 1.807) is 0 Å². The second kappa shape index (κ2) is 2.09. The molecule has 1 aromatic carbocycles. The van der Waals surface area contributed by atoms with Gasteiger partial charge in [0.2, 0.25) is 0 Å². The van der Waals surface area contributed by atoms with Crippen molar-refractivity contribution in [3.05, 3.63) is 36.6 Å². The quantitative estimate of drug-likeness (QED) is 0.571. The minimum Gasteiger partial charge on any atom is -0.325 e. The number of nitrogens with zero attached hydrogens (tertiary/aromatic N) is 2. The summed E-state index contributed by atoms with van der Waals surface area (Å²) in [5.41, 5.74) is 3.83. The zero-order valence-electron chi connectivity index (χ0n) is 6.70. The molecule has 2 nitrogen and oxygen atoms in total. The SMILES string of the molecule is [CH]1CCc2cccc3ncn1c23. The highest BCUT2D eigenvalue weighted by atomic mass is 15.0. The minimum atomic E-state index is 1.11. The molecule has 0 saturated heterocycles. The van der Waals surface area contributed by atoms with Crippen LogP contribution in [0.3, 0.4) is 0 Å². The Kier molecular flexibility index (Phi) is 1.09. The number of aryl methyl sites for hydroxylation is 1. The van der Waals surface area contributed by atoms with Crippen molar-refractivity contribution in [3.63, 3.8) is 0 Å². The molecule has 0 atom stereocenters. The fourth-order valence-electron chi connectivity index (χ4n) is 1.86. The summed E-state index contributed by atoms with van der Waals surface area (Å²) >= 11 is 0. The smallest absolute Gasteiger partial charge is 0.0961 e. The summed E-state index contributed by atoms with van der Waals surface area (Å²) in [6.45, 7) is 2.20. The van der Waals surface area contributed by atoms with Crippen LogP contribution in [-0.4, -0.2) is 9.55 Å². The molecular formula is C10H9N2. The van der Waals surface area contributed by atoms with Gasteiger partial charge in [0.25, 0.3) is 0 Å². The fraction of sp³-hybridized carbons (Fsp3) is 0.200. The van der Waals surface area contributed by atoms with Crippen LogP contribution in [0.15, 0.2) is 24.5 Å². The monoisotopic (exact) mass is 157 g/mol. The van der Waals surface area contributed by atoms with E-state index in [0.717, 1.165) is 18.4 Å². The predicted molar refractivity (Wildman–Crippen MR) is 47.8 cm³/mol. The number of aromatic nitrogens is 2. The molecule has 2 heterocycles. The molecule has 0 aliphatic carbocycles. The molecule has 0 saturated carbocycles. The van der Waals surface area contributed by atoms with Crippen LogP contribution in [0.25, 0.3) is 11.0 Å². The lowest BCUT2D eigenvalue weighted by atomic mass is 10.1. The van der Waals surface area contributed by atoms with Crippen molar-refractivity contribution in [1.29, 1.82) is 0 Å². The van der Waals surface area contributed by atoms with Crippen LogP contribution in [-0.2, 0) is 6.42 Å². The van der Waals surface area contributed by atoms with Crippen molar-refractivity contribution in [3.8, 4) is 0 Å². The lowest BCUT2D eigenvalue weighted by molar-refractivity contribution is 0.798. The summed E-state index contributed by atoms with van der Waals surface area (Å²) in [7, 11) is 0. The first-order chi connectivity index (χ1) is 5.95. The minimum absolute atomic E-state index is 1.11. The molecule has 0 spiro atoms.